The fraction of sp³-hybridized carbons (Fsp3) is 0. The van der Waals surface area contributed by atoms with E-state index in [0.29, 0.717) is 11.5 Å². The molecule has 1 aromatic carbocycles. The van der Waals surface area contributed by atoms with E-state index in [1.54, 1.807) is 9.08 Å². The molecule has 0 spiro atoms. The Balaban J connectivity index is 2.08. The molecule has 3 heterocycles. The van der Waals surface area contributed by atoms with Gasteiger partial charge in [-0.05, 0) is 12.1 Å². The lowest BCUT2D eigenvalue weighted by Crippen LogP contribution is -2.01. The van der Waals surface area contributed by atoms with Crippen LogP contribution in [0, 0.1) is 0 Å². The van der Waals surface area contributed by atoms with E-state index in [4.69, 9.17) is 0 Å². The molecule has 4 rings (SSSR count). The molecule has 0 bridgehead atoms. The lowest BCUT2D eigenvalue weighted by atomic mass is 10.3. The van der Waals surface area contributed by atoms with Gasteiger partial charge < -0.3 is 0 Å². The molecule has 0 aliphatic heterocycles. The maximum absolute atomic E-state index is 11.3. The zero-order chi connectivity index (χ0) is 12.8. The van der Waals surface area contributed by atoms with Crippen LogP contribution >= 0.6 is 11.3 Å². The number of rotatable bonds is 2. The predicted octanol–water partition coefficient (Wildman–Crippen LogP) is 1.94. The third-order valence-electron chi connectivity index (χ3n) is 2.94. The summed E-state index contributed by atoms with van der Waals surface area (Å²) in [6, 6.07) is 7.57. The van der Waals surface area contributed by atoms with Gasteiger partial charge in [0.15, 0.2) is 17.1 Å². The van der Waals surface area contributed by atoms with E-state index in [1.807, 2.05) is 35.8 Å². The Morgan fingerprint density at radius 2 is 2.16 bits per heavy atom. The Bertz CT molecular complexity index is 903. The second kappa shape index (κ2) is 3.72. The Morgan fingerprint density at radius 3 is 3.05 bits per heavy atom. The molecule has 3 aromatic heterocycles. The van der Waals surface area contributed by atoms with E-state index in [1.165, 1.54) is 11.3 Å². The predicted molar refractivity (Wildman–Crippen MR) is 70.9 cm³/mol. The number of para-hydroxylation sites is 1. The van der Waals surface area contributed by atoms with Crippen LogP contribution in [0.2, 0.25) is 0 Å². The van der Waals surface area contributed by atoms with E-state index in [2.05, 4.69) is 15.3 Å². The highest BCUT2D eigenvalue weighted by Crippen LogP contribution is 2.21. The van der Waals surface area contributed by atoms with Crippen LogP contribution in [0.5, 0.6) is 0 Å². The number of benzene rings is 1. The largest absolute Gasteiger partial charge is 0.296 e. The van der Waals surface area contributed by atoms with Gasteiger partial charge in [0.25, 0.3) is 0 Å². The third kappa shape index (κ3) is 1.36. The summed E-state index contributed by atoms with van der Waals surface area (Å²) in [6.45, 7) is 0. The number of imidazole rings is 1. The molecule has 0 amide bonds. The second-order valence-electron chi connectivity index (χ2n) is 3.98. The van der Waals surface area contributed by atoms with E-state index in [0.717, 1.165) is 22.3 Å². The molecule has 0 saturated heterocycles. The zero-order valence-electron chi connectivity index (χ0n) is 9.59. The van der Waals surface area contributed by atoms with Crippen molar-refractivity contribution in [2.45, 2.75) is 0 Å². The van der Waals surface area contributed by atoms with Gasteiger partial charge >= 0.3 is 0 Å². The molecule has 0 aliphatic carbocycles. The van der Waals surface area contributed by atoms with Crippen LogP contribution in [-0.4, -0.2) is 30.7 Å². The van der Waals surface area contributed by atoms with Crippen molar-refractivity contribution in [3.05, 3.63) is 41.5 Å². The maximum Gasteiger partial charge on any atom is 0.196 e. The number of fused-ring (bicyclic) bond motifs is 2. The Labute approximate surface area is 110 Å². The van der Waals surface area contributed by atoms with E-state index < -0.39 is 0 Å². The summed E-state index contributed by atoms with van der Waals surface area (Å²) in [5, 5.41) is 10.0. The lowest BCUT2D eigenvalue weighted by molar-refractivity contribution is 0.111. The van der Waals surface area contributed by atoms with Crippen molar-refractivity contribution in [1.82, 2.24) is 24.4 Å². The zero-order valence-corrected chi connectivity index (χ0v) is 10.4. The van der Waals surface area contributed by atoms with Gasteiger partial charge in [-0.1, -0.05) is 17.3 Å². The van der Waals surface area contributed by atoms with Crippen molar-refractivity contribution in [3.63, 3.8) is 0 Å². The molecule has 0 N–H and O–H groups in total. The minimum absolute atomic E-state index is 0.479. The third-order valence-corrected chi connectivity index (χ3v) is 3.70. The summed E-state index contributed by atoms with van der Waals surface area (Å²) >= 11 is 1.47. The normalized spacial score (nSPS) is 11.4. The number of carbonyl (C=O) groups is 1. The molecule has 4 aromatic rings. The van der Waals surface area contributed by atoms with E-state index in [9.17, 15) is 4.79 Å². The van der Waals surface area contributed by atoms with Crippen LogP contribution in [0.1, 0.15) is 10.5 Å². The van der Waals surface area contributed by atoms with Crippen molar-refractivity contribution in [2.24, 2.45) is 0 Å². The van der Waals surface area contributed by atoms with Crippen molar-refractivity contribution in [2.75, 3.05) is 0 Å². The first-order valence-corrected chi connectivity index (χ1v) is 6.48. The number of aromatic nitrogens is 5. The minimum atomic E-state index is 0.479. The molecule has 0 radical (unpaired) electrons. The Morgan fingerprint density at radius 1 is 1.26 bits per heavy atom. The SMILES string of the molecule is O=Cc1c(-n2nnc3ccccc32)nc2sccn12. The van der Waals surface area contributed by atoms with Gasteiger partial charge in [-0.15, -0.1) is 16.4 Å². The number of aldehydes is 1. The molecular weight excluding hydrogens is 262 g/mol. The molecule has 0 fully saturated rings. The molecule has 0 saturated carbocycles. The van der Waals surface area contributed by atoms with Gasteiger partial charge in [0.05, 0.1) is 5.52 Å². The van der Waals surface area contributed by atoms with Crippen LogP contribution in [0.3, 0.4) is 0 Å². The first-order chi connectivity index (χ1) is 9.38. The number of thiazole rings is 1. The minimum Gasteiger partial charge on any atom is -0.296 e. The number of hydrogen-bond acceptors (Lipinski definition) is 5. The highest BCUT2D eigenvalue weighted by Gasteiger charge is 2.17. The average molecular weight is 269 g/mol. The molecule has 19 heavy (non-hydrogen) atoms. The second-order valence-corrected chi connectivity index (χ2v) is 4.86. The molecule has 0 aliphatic rings. The molecular formula is C12H7N5OS. The van der Waals surface area contributed by atoms with Gasteiger partial charge in [0.2, 0.25) is 0 Å². The monoisotopic (exact) mass is 269 g/mol. The fourth-order valence-electron chi connectivity index (χ4n) is 2.08. The Kier molecular flexibility index (Phi) is 2.04. The summed E-state index contributed by atoms with van der Waals surface area (Å²) < 4.78 is 3.35. The number of nitrogens with zero attached hydrogens (tertiary/aromatic N) is 5. The molecule has 7 heteroatoms. The first kappa shape index (κ1) is 10.4. The van der Waals surface area contributed by atoms with Crippen LogP contribution in [0.25, 0.3) is 21.8 Å². The molecule has 6 nitrogen and oxygen atoms in total. The highest BCUT2D eigenvalue weighted by atomic mass is 32.1. The highest BCUT2D eigenvalue weighted by molar-refractivity contribution is 7.15. The van der Waals surface area contributed by atoms with Crippen LogP contribution in [0.4, 0.5) is 0 Å². The Hall–Kier alpha value is -2.54. The standard InChI is InChI=1S/C12H7N5OS/c18-7-10-11(13-12-16(10)5-6-19-12)17-9-4-2-1-3-8(9)14-15-17/h1-7H. The molecule has 92 valence electrons. The first-order valence-electron chi connectivity index (χ1n) is 5.60. The van der Waals surface area contributed by atoms with Crippen molar-refractivity contribution < 1.29 is 4.79 Å². The molecule has 0 unspecified atom stereocenters. The summed E-state index contributed by atoms with van der Waals surface area (Å²) in [4.78, 5) is 16.5. The quantitative estimate of drug-likeness (QED) is 0.522. The van der Waals surface area contributed by atoms with Crippen molar-refractivity contribution >= 4 is 33.6 Å². The van der Waals surface area contributed by atoms with Crippen LogP contribution in [-0.2, 0) is 0 Å². The van der Waals surface area contributed by atoms with Gasteiger partial charge in [0.1, 0.15) is 11.2 Å². The van der Waals surface area contributed by atoms with Gasteiger partial charge in [0, 0.05) is 11.6 Å². The summed E-state index contributed by atoms with van der Waals surface area (Å²) in [6.07, 6.45) is 2.61. The van der Waals surface area contributed by atoms with E-state index >= 15 is 0 Å². The van der Waals surface area contributed by atoms with E-state index in [-0.39, 0.29) is 0 Å². The maximum atomic E-state index is 11.3. The summed E-state index contributed by atoms with van der Waals surface area (Å²) in [5.74, 6) is 0.510. The van der Waals surface area contributed by atoms with Crippen molar-refractivity contribution in [3.8, 4) is 5.82 Å². The number of hydrogen-bond donors (Lipinski definition) is 0. The smallest absolute Gasteiger partial charge is 0.196 e. The van der Waals surface area contributed by atoms with Gasteiger partial charge in [-0.3, -0.25) is 9.20 Å². The van der Waals surface area contributed by atoms with Gasteiger partial charge in [-0.25, -0.2) is 0 Å². The summed E-state index contributed by atoms with van der Waals surface area (Å²) in [5.41, 5.74) is 2.08. The van der Waals surface area contributed by atoms with Crippen LogP contribution in [0.15, 0.2) is 35.8 Å². The summed E-state index contributed by atoms with van der Waals surface area (Å²) in [7, 11) is 0. The topological polar surface area (TPSA) is 65.1 Å². The number of carbonyl (C=O) groups excluding carboxylic acids is 1. The van der Waals surface area contributed by atoms with Crippen LogP contribution < -0.4 is 0 Å². The van der Waals surface area contributed by atoms with Crippen molar-refractivity contribution in [1.29, 1.82) is 0 Å². The lowest BCUT2D eigenvalue weighted by Gasteiger charge is -1.98. The fourth-order valence-corrected chi connectivity index (χ4v) is 2.80. The molecule has 0 atom stereocenters. The van der Waals surface area contributed by atoms with Gasteiger partial charge in [-0.2, -0.15) is 9.67 Å². The average Bonchev–Trinajstić information content (AvgIpc) is 3.11.